The van der Waals surface area contributed by atoms with Gasteiger partial charge < -0.3 is 5.32 Å². The zero-order chi connectivity index (χ0) is 11.4. The Morgan fingerprint density at radius 3 is 2.94 bits per heavy atom. The van der Waals surface area contributed by atoms with Crippen molar-refractivity contribution in [1.82, 2.24) is 9.88 Å². The maximum atomic E-state index is 4.40. The second-order valence-corrected chi connectivity index (χ2v) is 5.47. The SMILES string of the molecule is CCCNc1ncc(CN(CC)C2CC2)s1. The number of anilines is 1. The lowest BCUT2D eigenvalue weighted by Crippen LogP contribution is -2.24. The van der Waals surface area contributed by atoms with Crippen LogP contribution in [0.5, 0.6) is 0 Å². The lowest BCUT2D eigenvalue weighted by atomic mass is 10.4. The highest BCUT2D eigenvalue weighted by Gasteiger charge is 2.27. The van der Waals surface area contributed by atoms with Crippen molar-refractivity contribution in [1.29, 1.82) is 0 Å². The summed E-state index contributed by atoms with van der Waals surface area (Å²) >= 11 is 1.80. The molecule has 0 saturated heterocycles. The summed E-state index contributed by atoms with van der Waals surface area (Å²) in [7, 11) is 0. The van der Waals surface area contributed by atoms with Crippen LogP contribution in [0.25, 0.3) is 0 Å². The summed E-state index contributed by atoms with van der Waals surface area (Å²) in [6, 6.07) is 0.846. The molecule has 0 bridgehead atoms. The molecule has 1 heterocycles. The van der Waals surface area contributed by atoms with Crippen LogP contribution in [0.1, 0.15) is 38.0 Å². The molecule has 4 heteroatoms. The van der Waals surface area contributed by atoms with E-state index in [4.69, 9.17) is 0 Å². The van der Waals surface area contributed by atoms with E-state index in [0.717, 1.165) is 37.2 Å². The molecule has 1 N–H and O–H groups in total. The normalized spacial score (nSPS) is 15.7. The van der Waals surface area contributed by atoms with E-state index in [1.807, 2.05) is 6.20 Å². The molecule has 0 aromatic carbocycles. The average Bonchev–Trinajstić information content (AvgIpc) is 3.04. The molecule has 90 valence electrons. The third-order valence-corrected chi connectivity index (χ3v) is 3.85. The fourth-order valence-corrected chi connectivity index (χ4v) is 2.70. The Morgan fingerprint density at radius 2 is 2.31 bits per heavy atom. The summed E-state index contributed by atoms with van der Waals surface area (Å²) in [5.41, 5.74) is 0. The van der Waals surface area contributed by atoms with Gasteiger partial charge in [-0.1, -0.05) is 13.8 Å². The van der Waals surface area contributed by atoms with Gasteiger partial charge in [-0.3, -0.25) is 4.90 Å². The van der Waals surface area contributed by atoms with Gasteiger partial charge in [0.05, 0.1) is 0 Å². The zero-order valence-corrected chi connectivity index (χ0v) is 11.0. The molecule has 16 heavy (non-hydrogen) atoms. The van der Waals surface area contributed by atoms with Gasteiger partial charge in [0, 0.05) is 30.2 Å². The molecule has 1 aliphatic rings. The molecule has 0 spiro atoms. The largest absolute Gasteiger partial charge is 0.362 e. The van der Waals surface area contributed by atoms with Gasteiger partial charge >= 0.3 is 0 Å². The number of aromatic nitrogens is 1. The van der Waals surface area contributed by atoms with Crippen LogP contribution in [0.2, 0.25) is 0 Å². The molecule has 0 radical (unpaired) electrons. The van der Waals surface area contributed by atoms with E-state index >= 15 is 0 Å². The molecule has 1 aliphatic carbocycles. The molecule has 1 aromatic heterocycles. The highest BCUT2D eigenvalue weighted by atomic mass is 32.1. The summed E-state index contributed by atoms with van der Waals surface area (Å²) in [5, 5.41) is 4.41. The fourth-order valence-electron chi connectivity index (χ4n) is 1.83. The van der Waals surface area contributed by atoms with Crippen molar-refractivity contribution < 1.29 is 0 Å². The van der Waals surface area contributed by atoms with Crippen molar-refractivity contribution in [2.24, 2.45) is 0 Å². The Kier molecular flexibility index (Phi) is 4.18. The lowest BCUT2D eigenvalue weighted by molar-refractivity contribution is 0.271. The number of hydrogen-bond donors (Lipinski definition) is 1. The summed E-state index contributed by atoms with van der Waals surface area (Å²) < 4.78 is 0. The standard InChI is InChI=1S/C12H21N3S/c1-3-7-13-12-14-8-11(16-12)9-15(4-2)10-5-6-10/h8,10H,3-7,9H2,1-2H3,(H,13,14). The summed E-state index contributed by atoms with van der Waals surface area (Å²) in [6.45, 7) is 7.67. The molecular formula is C12H21N3S. The Labute approximate surface area is 102 Å². The minimum absolute atomic E-state index is 0.846. The van der Waals surface area contributed by atoms with E-state index in [2.05, 4.69) is 29.0 Å². The lowest BCUT2D eigenvalue weighted by Gasteiger charge is -2.17. The maximum Gasteiger partial charge on any atom is 0.182 e. The summed E-state index contributed by atoms with van der Waals surface area (Å²) in [4.78, 5) is 8.34. The first-order valence-electron chi connectivity index (χ1n) is 6.26. The molecule has 1 saturated carbocycles. The van der Waals surface area contributed by atoms with Gasteiger partial charge in [0.15, 0.2) is 5.13 Å². The minimum atomic E-state index is 0.846. The van der Waals surface area contributed by atoms with Crippen molar-refractivity contribution >= 4 is 16.5 Å². The molecule has 0 atom stereocenters. The smallest absolute Gasteiger partial charge is 0.182 e. The van der Waals surface area contributed by atoms with Crippen LogP contribution in [-0.4, -0.2) is 29.0 Å². The molecule has 0 amide bonds. The van der Waals surface area contributed by atoms with Crippen LogP contribution < -0.4 is 5.32 Å². The number of hydrogen-bond acceptors (Lipinski definition) is 4. The van der Waals surface area contributed by atoms with Crippen LogP contribution in [0.15, 0.2) is 6.20 Å². The predicted octanol–water partition coefficient (Wildman–Crippen LogP) is 2.95. The first-order chi connectivity index (χ1) is 7.83. The molecule has 1 fully saturated rings. The van der Waals surface area contributed by atoms with Crippen LogP contribution >= 0.6 is 11.3 Å². The number of nitrogens with zero attached hydrogens (tertiary/aromatic N) is 2. The van der Waals surface area contributed by atoms with Crippen LogP contribution in [-0.2, 0) is 6.54 Å². The first-order valence-corrected chi connectivity index (χ1v) is 7.07. The van der Waals surface area contributed by atoms with E-state index in [1.165, 1.54) is 17.7 Å². The molecule has 0 aliphatic heterocycles. The average molecular weight is 239 g/mol. The van der Waals surface area contributed by atoms with Gasteiger partial charge in [0.2, 0.25) is 0 Å². The third kappa shape index (κ3) is 3.19. The van der Waals surface area contributed by atoms with Crippen LogP contribution in [0, 0.1) is 0 Å². The van der Waals surface area contributed by atoms with Crippen molar-refractivity contribution in [3.63, 3.8) is 0 Å². The van der Waals surface area contributed by atoms with E-state index in [0.29, 0.717) is 0 Å². The summed E-state index contributed by atoms with van der Waals surface area (Å²) in [6.07, 6.45) is 5.94. The van der Waals surface area contributed by atoms with Gasteiger partial charge in [-0.15, -0.1) is 11.3 Å². The Balaban J connectivity index is 1.85. The highest BCUT2D eigenvalue weighted by Crippen LogP contribution is 2.29. The second kappa shape index (κ2) is 5.64. The molecule has 0 unspecified atom stereocenters. The number of rotatable bonds is 7. The zero-order valence-electron chi connectivity index (χ0n) is 10.2. The molecule has 2 rings (SSSR count). The Hall–Kier alpha value is -0.610. The van der Waals surface area contributed by atoms with Gasteiger partial charge in [0.25, 0.3) is 0 Å². The maximum absolute atomic E-state index is 4.40. The van der Waals surface area contributed by atoms with Gasteiger partial charge in [-0.2, -0.15) is 0 Å². The number of thiazole rings is 1. The van der Waals surface area contributed by atoms with Gasteiger partial charge in [0.1, 0.15) is 0 Å². The quantitative estimate of drug-likeness (QED) is 0.793. The van der Waals surface area contributed by atoms with Gasteiger partial charge in [-0.25, -0.2) is 4.98 Å². The summed E-state index contributed by atoms with van der Waals surface area (Å²) in [5.74, 6) is 0. The van der Waals surface area contributed by atoms with Crippen LogP contribution in [0.4, 0.5) is 5.13 Å². The second-order valence-electron chi connectivity index (χ2n) is 4.35. The molecule has 3 nitrogen and oxygen atoms in total. The Bertz CT molecular complexity index is 320. The van der Waals surface area contributed by atoms with Gasteiger partial charge in [-0.05, 0) is 25.8 Å². The van der Waals surface area contributed by atoms with Crippen molar-refractivity contribution in [2.45, 2.75) is 45.7 Å². The Morgan fingerprint density at radius 1 is 1.50 bits per heavy atom. The van der Waals surface area contributed by atoms with Crippen molar-refractivity contribution in [3.8, 4) is 0 Å². The highest BCUT2D eigenvalue weighted by molar-refractivity contribution is 7.15. The topological polar surface area (TPSA) is 28.2 Å². The van der Waals surface area contributed by atoms with E-state index in [9.17, 15) is 0 Å². The monoisotopic (exact) mass is 239 g/mol. The molecular weight excluding hydrogens is 218 g/mol. The predicted molar refractivity (Wildman–Crippen MR) is 70.0 cm³/mol. The van der Waals surface area contributed by atoms with Crippen molar-refractivity contribution in [2.75, 3.05) is 18.4 Å². The fraction of sp³-hybridized carbons (Fsp3) is 0.750. The van der Waals surface area contributed by atoms with E-state index in [1.54, 1.807) is 11.3 Å². The van der Waals surface area contributed by atoms with E-state index < -0.39 is 0 Å². The number of nitrogens with one attached hydrogen (secondary N) is 1. The first kappa shape index (κ1) is 11.9. The minimum Gasteiger partial charge on any atom is -0.362 e. The van der Waals surface area contributed by atoms with E-state index in [-0.39, 0.29) is 0 Å². The molecule has 1 aromatic rings. The van der Waals surface area contributed by atoms with Crippen molar-refractivity contribution in [3.05, 3.63) is 11.1 Å². The third-order valence-electron chi connectivity index (χ3n) is 2.91. The van der Waals surface area contributed by atoms with Crippen LogP contribution in [0.3, 0.4) is 0 Å².